The van der Waals surface area contributed by atoms with Crippen molar-refractivity contribution in [2.75, 3.05) is 14.2 Å². The molecule has 0 radical (unpaired) electrons. The van der Waals surface area contributed by atoms with Gasteiger partial charge in [-0.15, -0.1) is 0 Å². The molecule has 0 spiro atoms. The van der Waals surface area contributed by atoms with Crippen molar-refractivity contribution >= 4 is 22.7 Å². The number of carbonyl (C=O) groups is 2. The molecule has 0 saturated heterocycles. The van der Waals surface area contributed by atoms with Crippen LogP contribution in [0.2, 0.25) is 0 Å². The highest BCUT2D eigenvalue weighted by Crippen LogP contribution is 2.30. The van der Waals surface area contributed by atoms with Gasteiger partial charge in [-0.25, -0.2) is 9.37 Å². The van der Waals surface area contributed by atoms with Crippen molar-refractivity contribution in [3.63, 3.8) is 0 Å². The molecule has 8 nitrogen and oxygen atoms in total. The SMILES string of the molecule is CNC(=O)c1n[nH]c2cc(-c3cnc(OC)c(C(=O)NC(C)c4ccccc4C)c3)cc(F)c12. The van der Waals surface area contributed by atoms with Crippen molar-refractivity contribution in [3.05, 3.63) is 76.9 Å². The molecule has 2 aromatic carbocycles. The van der Waals surface area contributed by atoms with Crippen molar-refractivity contribution < 1.29 is 18.7 Å². The van der Waals surface area contributed by atoms with Gasteiger partial charge in [0, 0.05) is 18.8 Å². The molecule has 1 atom stereocenters. The predicted molar refractivity (Wildman–Crippen MR) is 126 cm³/mol. The first-order valence-corrected chi connectivity index (χ1v) is 10.6. The minimum absolute atomic E-state index is 0.0281. The molecule has 3 N–H and O–H groups in total. The largest absolute Gasteiger partial charge is 0.480 e. The fourth-order valence-electron chi connectivity index (χ4n) is 3.92. The Kier molecular flexibility index (Phi) is 6.27. The lowest BCUT2D eigenvalue weighted by atomic mass is 10.0. The summed E-state index contributed by atoms with van der Waals surface area (Å²) < 4.78 is 20.3. The summed E-state index contributed by atoms with van der Waals surface area (Å²) in [6.45, 7) is 3.88. The number of H-pyrrole nitrogens is 1. The number of hydrogen-bond donors (Lipinski definition) is 3. The van der Waals surface area contributed by atoms with E-state index < -0.39 is 11.7 Å². The first-order valence-electron chi connectivity index (χ1n) is 10.6. The van der Waals surface area contributed by atoms with E-state index in [-0.39, 0.29) is 34.5 Å². The highest BCUT2D eigenvalue weighted by atomic mass is 19.1. The summed E-state index contributed by atoms with van der Waals surface area (Å²) in [5.41, 5.74) is 3.57. The van der Waals surface area contributed by atoms with E-state index in [9.17, 15) is 14.0 Å². The summed E-state index contributed by atoms with van der Waals surface area (Å²) in [7, 11) is 2.88. The molecule has 174 valence electrons. The van der Waals surface area contributed by atoms with E-state index in [4.69, 9.17) is 4.74 Å². The van der Waals surface area contributed by atoms with Crippen LogP contribution in [0.1, 0.15) is 44.9 Å². The van der Waals surface area contributed by atoms with Crippen LogP contribution in [-0.2, 0) is 0 Å². The maximum atomic E-state index is 15.0. The third-order valence-electron chi connectivity index (χ3n) is 5.68. The summed E-state index contributed by atoms with van der Waals surface area (Å²) >= 11 is 0. The van der Waals surface area contributed by atoms with Crippen molar-refractivity contribution in [2.45, 2.75) is 19.9 Å². The maximum Gasteiger partial charge on any atom is 0.272 e. The Bertz CT molecular complexity index is 1400. The van der Waals surface area contributed by atoms with Crippen LogP contribution in [0.15, 0.2) is 48.7 Å². The van der Waals surface area contributed by atoms with E-state index in [2.05, 4.69) is 25.8 Å². The molecule has 0 aliphatic rings. The van der Waals surface area contributed by atoms with Gasteiger partial charge in [0.15, 0.2) is 5.69 Å². The van der Waals surface area contributed by atoms with Crippen LogP contribution in [0, 0.1) is 12.7 Å². The molecule has 0 bridgehead atoms. The molecule has 1 unspecified atom stereocenters. The van der Waals surface area contributed by atoms with Crippen molar-refractivity contribution in [3.8, 4) is 17.0 Å². The Hall–Kier alpha value is -4.27. The highest BCUT2D eigenvalue weighted by Gasteiger charge is 2.21. The normalized spacial score (nSPS) is 11.8. The first kappa shape index (κ1) is 22.9. The second kappa shape index (κ2) is 9.30. The van der Waals surface area contributed by atoms with Crippen LogP contribution < -0.4 is 15.4 Å². The molecule has 0 fully saturated rings. The molecule has 9 heteroatoms. The van der Waals surface area contributed by atoms with Crippen LogP contribution >= 0.6 is 0 Å². The van der Waals surface area contributed by atoms with Gasteiger partial charge in [0.2, 0.25) is 5.88 Å². The number of fused-ring (bicyclic) bond motifs is 1. The standard InChI is InChI=1S/C25H24FN5O3/c1-13-7-5-6-8-17(13)14(2)29-23(32)18-9-16(12-28-25(18)34-4)15-10-19(26)21-20(11-15)30-31-22(21)24(33)27-3/h5-12,14H,1-4H3,(H,27,33)(H,29,32)(H,30,31). The van der Waals surface area contributed by atoms with E-state index in [0.29, 0.717) is 16.6 Å². The van der Waals surface area contributed by atoms with Gasteiger partial charge in [-0.2, -0.15) is 5.10 Å². The third-order valence-corrected chi connectivity index (χ3v) is 5.68. The van der Waals surface area contributed by atoms with Crippen LogP contribution in [0.25, 0.3) is 22.0 Å². The monoisotopic (exact) mass is 461 g/mol. The van der Waals surface area contributed by atoms with Gasteiger partial charge in [-0.3, -0.25) is 14.7 Å². The number of amides is 2. The number of halogens is 1. The van der Waals surface area contributed by atoms with Gasteiger partial charge in [-0.1, -0.05) is 24.3 Å². The van der Waals surface area contributed by atoms with Gasteiger partial charge >= 0.3 is 0 Å². The Balaban J connectivity index is 1.70. The van der Waals surface area contributed by atoms with Gasteiger partial charge in [-0.05, 0) is 48.7 Å². The minimum Gasteiger partial charge on any atom is -0.480 e. The zero-order valence-electron chi connectivity index (χ0n) is 19.2. The van der Waals surface area contributed by atoms with E-state index >= 15 is 0 Å². The molecule has 34 heavy (non-hydrogen) atoms. The van der Waals surface area contributed by atoms with Crippen LogP contribution in [0.5, 0.6) is 5.88 Å². The number of ether oxygens (including phenoxy) is 1. The van der Waals surface area contributed by atoms with E-state index in [1.165, 1.54) is 26.4 Å². The number of benzene rings is 2. The van der Waals surface area contributed by atoms with E-state index in [1.807, 2.05) is 38.1 Å². The summed E-state index contributed by atoms with van der Waals surface area (Å²) in [5, 5.41) is 12.1. The Labute approximate surface area is 195 Å². The predicted octanol–water partition coefficient (Wildman–Crippen LogP) is 3.93. The molecule has 4 rings (SSSR count). The maximum absolute atomic E-state index is 15.0. The molecule has 0 aliphatic carbocycles. The zero-order valence-corrected chi connectivity index (χ0v) is 19.2. The number of aromatic nitrogens is 3. The Morgan fingerprint density at radius 1 is 1.12 bits per heavy atom. The molecule has 2 amide bonds. The summed E-state index contributed by atoms with van der Waals surface area (Å²) in [6.07, 6.45) is 1.50. The number of aryl methyl sites for hydroxylation is 1. The quantitative estimate of drug-likeness (QED) is 0.403. The fourth-order valence-corrected chi connectivity index (χ4v) is 3.92. The average molecular weight is 461 g/mol. The van der Waals surface area contributed by atoms with Gasteiger partial charge in [0.05, 0.1) is 24.1 Å². The lowest BCUT2D eigenvalue weighted by Crippen LogP contribution is -2.27. The second-order valence-electron chi connectivity index (χ2n) is 7.86. The first-order chi connectivity index (χ1) is 16.3. The lowest BCUT2D eigenvalue weighted by molar-refractivity contribution is 0.0933. The molecule has 2 heterocycles. The molecule has 4 aromatic rings. The Morgan fingerprint density at radius 3 is 2.59 bits per heavy atom. The number of carbonyl (C=O) groups excluding carboxylic acids is 2. The Morgan fingerprint density at radius 2 is 1.88 bits per heavy atom. The number of pyridine rings is 1. The molecule has 0 aliphatic heterocycles. The summed E-state index contributed by atoms with van der Waals surface area (Å²) in [4.78, 5) is 29.3. The average Bonchev–Trinajstić information content (AvgIpc) is 3.28. The smallest absolute Gasteiger partial charge is 0.272 e. The van der Waals surface area contributed by atoms with Crippen molar-refractivity contribution in [1.82, 2.24) is 25.8 Å². The van der Waals surface area contributed by atoms with Crippen LogP contribution in [-0.4, -0.2) is 41.2 Å². The van der Waals surface area contributed by atoms with Crippen LogP contribution in [0.4, 0.5) is 4.39 Å². The number of aromatic amines is 1. The van der Waals surface area contributed by atoms with Gasteiger partial charge < -0.3 is 15.4 Å². The molecular weight excluding hydrogens is 437 g/mol. The second-order valence-corrected chi connectivity index (χ2v) is 7.86. The highest BCUT2D eigenvalue weighted by molar-refractivity contribution is 6.05. The van der Waals surface area contributed by atoms with Crippen LogP contribution in [0.3, 0.4) is 0 Å². The number of rotatable bonds is 6. The summed E-state index contributed by atoms with van der Waals surface area (Å²) in [6, 6.07) is 12.1. The minimum atomic E-state index is -0.616. The summed E-state index contributed by atoms with van der Waals surface area (Å²) in [5.74, 6) is -1.32. The third kappa shape index (κ3) is 4.19. The number of methoxy groups -OCH3 is 1. The molecular formula is C25H24FN5O3. The zero-order chi connectivity index (χ0) is 24.4. The fraction of sp³-hybridized carbons (Fsp3) is 0.200. The topological polar surface area (TPSA) is 109 Å². The van der Waals surface area contributed by atoms with Gasteiger partial charge in [0.1, 0.15) is 11.4 Å². The number of nitrogens with one attached hydrogen (secondary N) is 3. The number of nitrogens with zero attached hydrogens (tertiary/aromatic N) is 2. The van der Waals surface area contributed by atoms with E-state index in [1.54, 1.807) is 12.1 Å². The van der Waals surface area contributed by atoms with E-state index in [0.717, 1.165) is 11.1 Å². The lowest BCUT2D eigenvalue weighted by Gasteiger charge is -2.17. The van der Waals surface area contributed by atoms with Gasteiger partial charge in [0.25, 0.3) is 11.8 Å². The molecule has 2 aromatic heterocycles. The number of hydrogen-bond acceptors (Lipinski definition) is 5. The van der Waals surface area contributed by atoms with Crippen molar-refractivity contribution in [2.24, 2.45) is 0 Å². The van der Waals surface area contributed by atoms with Crippen molar-refractivity contribution in [1.29, 1.82) is 0 Å². The molecule has 0 saturated carbocycles.